The zero-order valence-electron chi connectivity index (χ0n) is 11.9. The number of fused-ring (bicyclic) bond motifs is 1. The van der Waals surface area contributed by atoms with Gasteiger partial charge in [-0.3, -0.25) is 0 Å². The van der Waals surface area contributed by atoms with Gasteiger partial charge in [0.25, 0.3) is 0 Å². The van der Waals surface area contributed by atoms with Gasteiger partial charge >= 0.3 is 5.97 Å². The molecule has 3 rings (SSSR count). The largest absolute Gasteiger partial charge is 0.457 e. The van der Waals surface area contributed by atoms with Crippen LogP contribution >= 0.6 is 0 Å². The van der Waals surface area contributed by atoms with Crippen LogP contribution in [0.4, 0.5) is 0 Å². The van der Waals surface area contributed by atoms with E-state index < -0.39 is 5.60 Å². The maximum absolute atomic E-state index is 11.8. The lowest BCUT2D eigenvalue weighted by atomic mass is 9.71. The Morgan fingerprint density at radius 2 is 2.11 bits per heavy atom. The highest BCUT2D eigenvalue weighted by atomic mass is 16.6. The van der Waals surface area contributed by atoms with Crippen LogP contribution in [-0.2, 0) is 14.3 Å². The Hall–Kier alpha value is -1.09. The molecule has 0 N–H and O–H groups in total. The molecular weight excluding hydrogens is 240 g/mol. The third-order valence-electron chi connectivity index (χ3n) is 4.20. The number of allylic oxidation sites excluding steroid dienone is 2. The maximum Gasteiger partial charge on any atom is 0.331 e. The first-order valence-corrected chi connectivity index (χ1v) is 7.14. The standard InChI is InChI=1S/C16H22O3/c1-16(2,3)19-15(17)7-12-5-11-4-10(6-14(11)12)13-8-18-9-13/h6-7,11,13-14H,4-5,8-9H2,1-3H3/t11-,14-/m1/s1. The number of ether oxygens (including phenoxy) is 2. The van der Waals surface area contributed by atoms with Crippen molar-refractivity contribution in [3.05, 3.63) is 23.3 Å². The van der Waals surface area contributed by atoms with Crippen LogP contribution in [0.3, 0.4) is 0 Å². The first-order chi connectivity index (χ1) is 8.92. The molecule has 0 amide bonds. The van der Waals surface area contributed by atoms with Crippen LogP contribution < -0.4 is 0 Å². The Morgan fingerprint density at radius 3 is 2.68 bits per heavy atom. The smallest absolute Gasteiger partial charge is 0.331 e. The van der Waals surface area contributed by atoms with E-state index in [4.69, 9.17) is 9.47 Å². The van der Waals surface area contributed by atoms with Gasteiger partial charge < -0.3 is 9.47 Å². The Labute approximate surface area is 114 Å². The van der Waals surface area contributed by atoms with Crippen molar-refractivity contribution in [2.75, 3.05) is 13.2 Å². The fraction of sp³-hybridized carbons (Fsp3) is 0.688. The minimum absolute atomic E-state index is 0.199. The summed E-state index contributed by atoms with van der Waals surface area (Å²) >= 11 is 0. The molecule has 0 spiro atoms. The molecule has 3 nitrogen and oxygen atoms in total. The van der Waals surface area contributed by atoms with Gasteiger partial charge in [0.05, 0.1) is 13.2 Å². The van der Waals surface area contributed by atoms with Gasteiger partial charge in [-0.25, -0.2) is 4.79 Å². The molecule has 2 aliphatic carbocycles. The van der Waals surface area contributed by atoms with E-state index in [0.29, 0.717) is 11.8 Å². The van der Waals surface area contributed by atoms with Crippen molar-refractivity contribution < 1.29 is 14.3 Å². The summed E-state index contributed by atoms with van der Waals surface area (Å²) in [7, 11) is 0. The second kappa shape index (κ2) is 4.48. The molecule has 3 aliphatic rings. The summed E-state index contributed by atoms with van der Waals surface area (Å²) in [5, 5.41) is 0. The number of carbonyl (C=O) groups is 1. The van der Waals surface area contributed by atoms with Crippen LogP contribution in [0.1, 0.15) is 33.6 Å². The summed E-state index contributed by atoms with van der Waals surface area (Å²) in [5.74, 6) is 1.66. The van der Waals surface area contributed by atoms with Crippen LogP contribution in [0.15, 0.2) is 23.3 Å². The predicted molar refractivity (Wildman–Crippen MR) is 72.5 cm³/mol. The molecule has 0 bridgehead atoms. The van der Waals surface area contributed by atoms with Gasteiger partial charge in [0, 0.05) is 17.9 Å². The average molecular weight is 262 g/mol. The van der Waals surface area contributed by atoms with E-state index >= 15 is 0 Å². The molecular formula is C16H22O3. The normalized spacial score (nSPS) is 32.4. The SMILES string of the molecule is CC(C)(C)OC(=O)C=C1C[C@H]2CC(C3COC3)=C[C@@H]12. The van der Waals surface area contributed by atoms with Crippen molar-refractivity contribution in [2.24, 2.45) is 17.8 Å². The lowest BCUT2D eigenvalue weighted by molar-refractivity contribution is -0.148. The summed E-state index contributed by atoms with van der Waals surface area (Å²) in [6, 6.07) is 0. The zero-order valence-corrected chi connectivity index (χ0v) is 11.9. The highest BCUT2D eigenvalue weighted by Gasteiger charge is 2.42. The van der Waals surface area contributed by atoms with Crippen molar-refractivity contribution in [2.45, 2.75) is 39.2 Å². The van der Waals surface area contributed by atoms with Gasteiger partial charge in [0.15, 0.2) is 0 Å². The molecule has 0 aromatic carbocycles. The number of carbonyl (C=O) groups excluding carboxylic acids is 1. The monoisotopic (exact) mass is 262 g/mol. The van der Waals surface area contributed by atoms with Crippen LogP contribution in [0.25, 0.3) is 0 Å². The van der Waals surface area contributed by atoms with E-state index in [9.17, 15) is 4.79 Å². The quantitative estimate of drug-likeness (QED) is 0.436. The Kier molecular flexibility index (Phi) is 3.05. The van der Waals surface area contributed by atoms with E-state index in [-0.39, 0.29) is 5.97 Å². The van der Waals surface area contributed by atoms with E-state index in [2.05, 4.69) is 6.08 Å². The fourth-order valence-electron chi connectivity index (χ4n) is 3.14. The fourth-order valence-corrected chi connectivity index (χ4v) is 3.14. The Balaban J connectivity index is 1.62. The van der Waals surface area contributed by atoms with Gasteiger partial charge in [-0.05, 0) is 39.5 Å². The van der Waals surface area contributed by atoms with Crippen LogP contribution in [0.2, 0.25) is 0 Å². The summed E-state index contributed by atoms with van der Waals surface area (Å²) in [5.41, 5.74) is 2.39. The molecule has 0 unspecified atom stereocenters. The van der Waals surface area contributed by atoms with Gasteiger partial charge in [0.1, 0.15) is 5.60 Å². The minimum atomic E-state index is -0.406. The molecule has 19 heavy (non-hydrogen) atoms. The van der Waals surface area contributed by atoms with Crippen molar-refractivity contribution in [1.82, 2.24) is 0 Å². The Bertz CT molecular complexity index is 449. The van der Waals surface area contributed by atoms with E-state index in [1.54, 1.807) is 11.6 Å². The molecule has 0 aromatic rings. The molecule has 3 heteroatoms. The van der Waals surface area contributed by atoms with Crippen molar-refractivity contribution in [3.8, 4) is 0 Å². The van der Waals surface area contributed by atoms with E-state index in [0.717, 1.165) is 25.6 Å². The minimum Gasteiger partial charge on any atom is -0.457 e. The highest BCUT2D eigenvalue weighted by molar-refractivity contribution is 5.83. The number of rotatable bonds is 2. The molecule has 2 fully saturated rings. The predicted octanol–water partition coefficient (Wildman–Crippen LogP) is 2.87. The van der Waals surface area contributed by atoms with Crippen LogP contribution in [0, 0.1) is 17.8 Å². The number of hydrogen-bond acceptors (Lipinski definition) is 3. The van der Waals surface area contributed by atoms with Crippen LogP contribution in [-0.4, -0.2) is 24.8 Å². The van der Waals surface area contributed by atoms with E-state index in [1.807, 2.05) is 20.8 Å². The van der Waals surface area contributed by atoms with Gasteiger partial charge in [-0.15, -0.1) is 0 Å². The number of hydrogen-bond donors (Lipinski definition) is 0. The molecule has 1 aliphatic heterocycles. The van der Waals surface area contributed by atoms with Crippen LogP contribution in [0.5, 0.6) is 0 Å². The highest BCUT2D eigenvalue weighted by Crippen LogP contribution is 2.51. The summed E-state index contributed by atoms with van der Waals surface area (Å²) in [6.07, 6.45) is 6.34. The summed E-state index contributed by atoms with van der Waals surface area (Å²) < 4.78 is 10.6. The average Bonchev–Trinajstić information content (AvgIpc) is 2.48. The topological polar surface area (TPSA) is 35.5 Å². The first kappa shape index (κ1) is 12.9. The maximum atomic E-state index is 11.8. The molecule has 1 heterocycles. The zero-order chi connectivity index (χ0) is 13.6. The third-order valence-corrected chi connectivity index (χ3v) is 4.20. The first-order valence-electron chi connectivity index (χ1n) is 7.14. The van der Waals surface area contributed by atoms with Crippen molar-refractivity contribution in [1.29, 1.82) is 0 Å². The summed E-state index contributed by atoms with van der Waals surface area (Å²) in [4.78, 5) is 11.8. The molecule has 0 radical (unpaired) electrons. The van der Waals surface area contributed by atoms with Gasteiger partial charge in [-0.1, -0.05) is 17.2 Å². The molecule has 1 saturated carbocycles. The van der Waals surface area contributed by atoms with E-state index in [1.165, 1.54) is 12.0 Å². The number of esters is 1. The second-order valence-corrected chi connectivity index (χ2v) is 6.92. The van der Waals surface area contributed by atoms with Crippen molar-refractivity contribution in [3.63, 3.8) is 0 Å². The van der Waals surface area contributed by atoms with Crippen molar-refractivity contribution >= 4 is 5.97 Å². The van der Waals surface area contributed by atoms with Gasteiger partial charge in [0.2, 0.25) is 0 Å². The second-order valence-electron chi connectivity index (χ2n) is 6.92. The lowest BCUT2D eigenvalue weighted by Gasteiger charge is -2.34. The third kappa shape index (κ3) is 2.62. The Morgan fingerprint density at radius 1 is 1.37 bits per heavy atom. The molecule has 0 aromatic heterocycles. The van der Waals surface area contributed by atoms with Gasteiger partial charge in [-0.2, -0.15) is 0 Å². The summed E-state index contributed by atoms with van der Waals surface area (Å²) in [6.45, 7) is 7.47. The molecule has 104 valence electrons. The molecule has 1 saturated heterocycles. The lowest BCUT2D eigenvalue weighted by Crippen LogP contribution is -2.29. The molecule has 2 atom stereocenters.